The average Bonchev–Trinajstić information content (AvgIpc) is 1.88. The van der Waals surface area contributed by atoms with Gasteiger partial charge in [0.25, 0.3) is 0 Å². The molecular weight excluding hydrogens is 124 g/mol. The Morgan fingerprint density at radius 2 is 2.30 bits per heavy atom. The van der Waals surface area contributed by atoms with Crippen molar-refractivity contribution in [3.8, 4) is 0 Å². The molecular formula is C8H12N2. The molecule has 0 amide bonds. The van der Waals surface area contributed by atoms with Crippen LogP contribution in [0, 0.1) is 6.92 Å². The maximum Gasteiger partial charge on any atom is 0.0300 e. The van der Waals surface area contributed by atoms with Crippen LogP contribution in [0.4, 0.5) is 0 Å². The number of aromatic nitrogens is 1. The highest BCUT2D eigenvalue weighted by atomic mass is 14.6. The van der Waals surface area contributed by atoms with E-state index in [0.717, 1.165) is 5.56 Å². The molecule has 54 valence electrons. The fourth-order valence-electron chi connectivity index (χ4n) is 0.995. The second-order valence-electron chi connectivity index (χ2n) is 2.52. The van der Waals surface area contributed by atoms with E-state index in [-0.39, 0.29) is 6.04 Å². The van der Waals surface area contributed by atoms with Crippen molar-refractivity contribution in [2.24, 2.45) is 5.73 Å². The summed E-state index contributed by atoms with van der Waals surface area (Å²) in [5, 5.41) is 0. The predicted molar refractivity (Wildman–Crippen MR) is 41.6 cm³/mol. The van der Waals surface area contributed by atoms with Crippen LogP contribution >= 0.6 is 0 Å². The van der Waals surface area contributed by atoms with E-state index in [2.05, 4.69) is 4.98 Å². The molecule has 1 aromatic heterocycles. The summed E-state index contributed by atoms with van der Waals surface area (Å²) in [5.74, 6) is 0. The SMILES string of the molecule is Cc1cnccc1C(C)N. The molecule has 1 aromatic rings. The van der Waals surface area contributed by atoms with Crippen molar-refractivity contribution in [2.45, 2.75) is 19.9 Å². The standard InChI is InChI=1S/C8H12N2/c1-6-5-10-4-3-8(6)7(2)9/h3-5,7H,9H2,1-2H3. The maximum absolute atomic E-state index is 5.69. The van der Waals surface area contributed by atoms with Gasteiger partial charge in [-0.2, -0.15) is 0 Å². The Labute approximate surface area is 61.1 Å². The van der Waals surface area contributed by atoms with Crippen molar-refractivity contribution in [3.05, 3.63) is 29.6 Å². The van der Waals surface area contributed by atoms with Crippen LogP contribution in [0.15, 0.2) is 18.5 Å². The smallest absolute Gasteiger partial charge is 0.0300 e. The number of rotatable bonds is 1. The van der Waals surface area contributed by atoms with Gasteiger partial charge in [0.1, 0.15) is 0 Å². The first-order valence-electron chi connectivity index (χ1n) is 3.38. The molecule has 2 heteroatoms. The Hall–Kier alpha value is -0.890. The topological polar surface area (TPSA) is 38.9 Å². The minimum atomic E-state index is 0.114. The largest absolute Gasteiger partial charge is 0.324 e. The number of hydrogen-bond acceptors (Lipinski definition) is 2. The van der Waals surface area contributed by atoms with Crippen LogP contribution in [-0.4, -0.2) is 4.98 Å². The summed E-state index contributed by atoms with van der Waals surface area (Å²) in [6.07, 6.45) is 3.60. The first kappa shape index (κ1) is 7.22. The lowest BCUT2D eigenvalue weighted by atomic mass is 10.1. The number of hydrogen-bond donors (Lipinski definition) is 1. The number of pyridine rings is 1. The van der Waals surface area contributed by atoms with Gasteiger partial charge in [0.15, 0.2) is 0 Å². The number of nitrogens with zero attached hydrogens (tertiary/aromatic N) is 1. The Morgan fingerprint density at radius 1 is 1.60 bits per heavy atom. The van der Waals surface area contributed by atoms with E-state index in [0.29, 0.717) is 0 Å². The predicted octanol–water partition coefficient (Wildman–Crippen LogP) is 1.41. The summed E-state index contributed by atoms with van der Waals surface area (Å²) in [6, 6.07) is 2.07. The van der Waals surface area contributed by atoms with Crippen molar-refractivity contribution in [2.75, 3.05) is 0 Å². The van der Waals surface area contributed by atoms with Gasteiger partial charge in [-0.05, 0) is 31.0 Å². The van der Waals surface area contributed by atoms with Crippen molar-refractivity contribution < 1.29 is 0 Å². The Balaban J connectivity index is 3.03. The summed E-state index contributed by atoms with van der Waals surface area (Å²) in [6.45, 7) is 3.99. The zero-order chi connectivity index (χ0) is 7.56. The molecule has 0 aliphatic heterocycles. The molecule has 10 heavy (non-hydrogen) atoms. The van der Waals surface area contributed by atoms with Crippen molar-refractivity contribution in [1.29, 1.82) is 0 Å². The third-order valence-electron chi connectivity index (χ3n) is 1.55. The van der Waals surface area contributed by atoms with E-state index in [9.17, 15) is 0 Å². The molecule has 0 aromatic carbocycles. The molecule has 0 saturated carbocycles. The maximum atomic E-state index is 5.69. The Kier molecular flexibility index (Phi) is 2.02. The molecule has 1 atom stereocenters. The third kappa shape index (κ3) is 1.33. The summed E-state index contributed by atoms with van der Waals surface area (Å²) in [7, 11) is 0. The minimum absolute atomic E-state index is 0.114. The fourth-order valence-corrected chi connectivity index (χ4v) is 0.995. The molecule has 2 N–H and O–H groups in total. The van der Waals surface area contributed by atoms with E-state index >= 15 is 0 Å². The van der Waals surface area contributed by atoms with Crippen molar-refractivity contribution >= 4 is 0 Å². The van der Waals surface area contributed by atoms with Gasteiger partial charge in [0.2, 0.25) is 0 Å². The van der Waals surface area contributed by atoms with E-state index in [1.807, 2.05) is 26.1 Å². The number of nitrogens with two attached hydrogens (primary N) is 1. The monoisotopic (exact) mass is 136 g/mol. The van der Waals surface area contributed by atoms with Crippen LogP contribution < -0.4 is 5.73 Å². The molecule has 0 fully saturated rings. The summed E-state index contributed by atoms with van der Waals surface area (Å²) < 4.78 is 0. The van der Waals surface area contributed by atoms with Crippen LogP contribution in [0.25, 0.3) is 0 Å². The first-order valence-corrected chi connectivity index (χ1v) is 3.38. The van der Waals surface area contributed by atoms with Gasteiger partial charge < -0.3 is 5.73 Å². The molecule has 0 radical (unpaired) electrons. The Bertz CT molecular complexity index is 218. The van der Waals surface area contributed by atoms with Crippen molar-refractivity contribution in [3.63, 3.8) is 0 Å². The molecule has 0 aliphatic carbocycles. The van der Waals surface area contributed by atoms with Gasteiger partial charge in [-0.15, -0.1) is 0 Å². The van der Waals surface area contributed by atoms with Crippen LogP contribution in [0.1, 0.15) is 24.1 Å². The van der Waals surface area contributed by atoms with Crippen LogP contribution in [0.2, 0.25) is 0 Å². The quantitative estimate of drug-likeness (QED) is 0.634. The van der Waals surface area contributed by atoms with Crippen LogP contribution in [-0.2, 0) is 0 Å². The van der Waals surface area contributed by atoms with Crippen molar-refractivity contribution in [1.82, 2.24) is 4.98 Å². The van der Waals surface area contributed by atoms with E-state index in [1.54, 1.807) is 6.20 Å². The lowest BCUT2D eigenvalue weighted by Crippen LogP contribution is -2.06. The minimum Gasteiger partial charge on any atom is -0.324 e. The first-order chi connectivity index (χ1) is 4.72. The average molecular weight is 136 g/mol. The molecule has 2 nitrogen and oxygen atoms in total. The van der Waals surface area contributed by atoms with Gasteiger partial charge in [-0.3, -0.25) is 4.98 Å². The van der Waals surface area contributed by atoms with Gasteiger partial charge in [0, 0.05) is 18.4 Å². The highest BCUT2D eigenvalue weighted by Crippen LogP contribution is 2.11. The van der Waals surface area contributed by atoms with E-state index < -0.39 is 0 Å². The molecule has 0 spiro atoms. The molecule has 0 saturated heterocycles. The lowest BCUT2D eigenvalue weighted by molar-refractivity contribution is 0.806. The van der Waals surface area contributed by atoms with Gasteiger partial charge in [-0.25, -0.2) is 0 Å². The zero-order valence-electron chi connectivity index (χ0n) is 6.33. The highest BCUT2D eigenvalue weighted by Gasteiger charge is 2.00. The fraction of sp³-hybridized carbons (Fsp3) is 0.375. The molecule has 0 aliphatic rings. The summed E-state index contributed by atoms with van der Waals surface area (Å²) in [4.78, 5) is 3.97. The molecule has 1 rings (SSSR count). The van der Waals surface area contributed by atoms with Gasteiger partial charge in [0.05, 0.1) is 0 Å². The highest BCUT2D eigenvalue weighted by molar-refractivity contribution is 5.24. The summed E-state index contributed by atoms with van der Waals surface area (Å²) in [5.41, 5.74) is 8.03. The molecule has 0 bridgehead atoms. The van der Waals surface area contributed by atoms with E-state index in [4.69, 9.17) is 5.73 Å². The van der Waals surface area contributed by atoms with Crippen LogP contribution in [0.5, 0.6) is 0 Å². The number of aryl methyl sites for hydroxylation is 1. The third-order valence-corrected chi connectivity index (χ3v) is 1.55. The normalized spacial score (nSPS) is 13.1. The molecule has 1 heterocycles. The summed E-state index contributed by atoms with van der Waals surface area (Å²) >= 11 is 0. The molecule has 1 unspecified atom stereocenters. The van der Waals surface area contributed by atoms with Crippen LogP contribution in [0.3, 0.4) is 0 Å². The van der Waals surface area contributed by atoms with Gasteiger partial charge >= 0.3 is 0 Å². The second kappa shape index (κ2) is 2.80. The zero-order valence-corrected chi connectivity index (χ0v) is 6.33. The van der Waals surface area contributed by atoms with E-state index in [1.165, 1.54) is 5.56 Å². The lowest BCUT2D eigenvalue weighted by Gasteiger charge is -2.06. The van der Waals surface area contributed by atoms with Gasteiger partial charge in [-0.1, -0.05) is 0 Å². The Morgan fingerprint density at radius 3 is 2.70 bits per heavy atom. The second-order valence-corrected chi connectivity index (χ2v) is 2.52.